The monoisotopic (exact) mass is 546 g/mol. The molecule has 1 heterocycles. The highest BCUT2D eigenvalue weighted by atomic mass is 15.3. The summed E-state index contributed by atoms with van der Waals surface area (Å²) in [6, 6.07) is 26.8. The Morgan fingerprint density at radius 3 is 1.39 bits per heavy atom. The lowest BCUT2D eigenvalue weighted by Crippen LogP contribution is -2.16. The van der Waals surface area contributed by atoms with Crippen molar-refractivity contribution in [2.24, 2.45) is 0 Å². The third-order valence-electron chi connectivity index (χ3n) is 7.82. The van der Waals surface area contributed by atoms with E-state index in [1.807, 2.05) is 0 Å². The fourth-order valence-electron chi connectivity index (χ4n) is 4.89. The topological polar surface area (TPSA) is 17.8 Å². The van der Waals surface area contributed by atoms with Gasteiger partial charge >= 0.3 is 0 Å². The summed E-state index contributed by atoms with van der Waals surface area (Å²) >= 11 is 0. The van der Waals surface area contributed by atoms with Crippen LogP contribution in [0, 0.1) is 0 Å². The van der Waals surface area contributed by atoms with Gasteiger partial charge < -0.3 is 0 Å². The summed E-state index contributed by atoms with van der Waals surface area (Å²) in [6.07, 6.45) is 4.38. The summed E-state index contributed by atoms with van der Waals surface area (Å²) in [5, 5.41) is 5.13. The van der Waals surface area contributed by atoms with Gasteiger partial charge in [-0.15, -0.1) is 0 Å². The molecule has 2 nitrogen and oxygen atoms in total. The summed E-state index contributed by atoms with van der Waals surface area (Å²) < 4.78 is 2.10. The molecule has 4 rings (SSSR count). The van der Waals surface area contributed by atoms with Crippen molar-refractivity contribution in [3.8, 4) is 16.9 Å². The Balaban J connectivity index is 1.88. The van der Waals surface area contributed by atoms with E-state index in [-0.39, 0.29) is 21.7 Å². The van der Waals surface area contributed by atoms with Crippen LogP contribution in [0.25, 0.3) is 29.1 Å². The number of aromatic nitrogens is 2. The van der Waals surface area contributed by atoms with Gasteiger partial charge in [0.1, 0.15) is 0 Å². The standard InChI is InChI=1S/C39H50N2/c1-36(2,3)29-20-27(21-30(24-29)37(4,5)6)18-19-33-26-35(41(40-33)34-16-14-13-15-17-34)28-22-31(38(7,8)9)25-32(23-28)39(10,11)12/h13-26H,1-12H3. The van der Waals surface area contributed by atoms with Crippen molar-refractivity contribution in [2.75, 3.05) is 0 Å². The molecule has 3 aromatic carbocycles. The Labute approximate surface area is 249 Å². The van der Waals surface area contributed by atoms with E-state index in [0.717, 1.165) is 17.1 Å². The zero-order valence-electron chi connectivity index (χ0n) is 27.5. The van der Waals surface area contributed by atoms with Gasteiger partial charge in [0.05, 0.1) is 17.1 Å². The maximum Gasteiger partial charge on any atom is 0.0862 e. The quantitative estimate of drug-likeness (QED) is 0.249. The van der Waals surface area contributed by atoms with Gasteiger partial charge in [-0.3, -0.25) is 0 Å². The van der Waals surface area contributed by atoms with Gasteiger partial charge in [0.25, 0.3) is 0 Å². The lowest BCUT2D eigenvalue weighted by Gasteiger charge is -2.26. The summed E-state index contributed by atoms with van der Waals surface area (Å²) in [5.41, 5.74) is 11.1. The van der Waals surface area contributed by atoms with E-state index in [9.17, 15) is 0 Å². The van der Waals surface area contributed by atoms with Gasteiger partial charge in [-0.1, -0.05) is 132 Å². The first kappa shape index (κ1) is 30.6. The SMILES string of the molecule is CC(C)(C)c1cc(C=Cc2cc(-c3cc(C(C)(C)C)cc(C(C)(C)C)c3)n(-c3ccccc3)n2)cc(C(C)(C)C)c1. The summed E-state index contributed by atoms with van der Waals surface area (Å²) in [7, 11) is 0. The molecular weight excluding hydrogens is 496 g/mol. The van der Waals surface area contributed by atoms with Crippen LogP contribution in [0.3, 0.4) is 0 Å². The van der Waals surface area contributed by atoms with E-state index in [4.69, 9.17) is 5.10 Å². The number of para-hydroxylation sites is 1. The van der Waals surface area contributed by atoms with Gasteiger partial charge in [0.2, 0.25) is 0 Å². The highest BCUT2D eigenvalue weighted by molar-refractivity contribution is 5.73. The average Bonchev–Trinajstić information content (AvgIpc) is 3.30. The van der Waals surface area contributed by atoms with Crippen LogP contribution in [0.2, 0.25) is 0 Å². The Bertz CT molecular complexity index is 1470. The van der Waals surface area contributed by atoms with E-state index in [1.54, 1.807) is 0 Å². The zero-order chi connectivity index (χ0) is 30.4. The molecule has 0 fully saturated rings. The summed E-state index contributed by atoms with van der Waals surface area (Å²) in [5.74, 6) is 0. The van der Waals surface area contributed by atoms with Crippen molar-refractivity contribution in [2.45, 2.75) is 105 Å². The van der Waals surface area contributed by atoms with Crippen LogP contribution >= 0.6 is 0 Å². The molecule has 0 aliphatic heterocycles. The number of nitrogens with zero attached hydrogens (tertiary/aromatic N) is 2. The Morgan fingerprint density at radius 2 is 0.951 bits per heavy atom. The molecular formula is C39H50N2. The molecule has 4 aromatic rings. The van der Waals surface area contributed by atoms with Crippen molar-refractivity contribution in [1.29, 1.82) is 0 Å². The zero-order valence-corrected chi connectivity index (χ0v) is 27.5. The van der Waals surface area contributed by atoms with Crippen LogP contribution in [0.1, 0.15) is 117 Å². The second-order valence-electron chi connectivity index (χ2n) is 15.7. The minimum atomic E-state index is 0.0408. The van der Waals surface area contributed by atoms with Crippen molar-refractivity contribution in [3.05, 3.63) is 106 Å². The van der Waals surface area contributed by atoms with E-state index in [2.05, 4.69) is 173 Å². The molecule has 0 aliphatic rings. The lowest BCUT2D eigenvalue weighted by molar-refractivity contribution is 0.568. The molecule has 0 aliphatic carbocycles. The fraction of sp³-hybridized carbons (Fsp3) is 0.410. The van der Waals surface area contributed by atoms with E-state index >= 15 is 0 Å². The molecule has 0 bridgehead atoms. The smallest absolute Gasteiger partial charge is 0.0862 e. The van der Waals surface area contributed by atoms with Crippen molar-refractivity contribution < 1.29 is 0 Å². The van der Waals surface area contributed by atoms with Gasteiger partial charge in [0, 0.05) is 5.56 Å². The molecule has 0 amide bonds. The largest absolute Gasteiger partial charge is 0.233 e. The second kappa shape index (κ2) is 10.8. The number of benzene rings is 3. The second-order valence-corrected chi connectivity index (χ2v) is 15.7. The van der Waals surface area contributed by atoms with E-state index < -0.39 is 0 Å². The van der Waals surface area contributed by atoms with Crippen LogP contribution < -0.4 is 0 Å². The molecule has 216 valence electrons. The molecule has 2 heteroatoms. The van der Waals surface area contributed by atoms with Crippen LogP contribution in [-0.4, -0.2) is 9.78 Å². The molecule has 0 radical (unpaired) electrons. The maximum absolute atomic E-state index is 5.13. The van der Waals surface area contributed by atoms with Crippen molar-refractivity contribution in [1.82, 2.24) is 9.78 Å². The minimum Gasteiger partial charge on any atom is -0.233 e. The van der Waals surface area contributed by atoms with Gasteiger partial charge in [-0.25, -0.2) is 4.68 Å². The van der Waals surface area contributed by atoms with Gasteiger partial charge in [-0.05, 0) is 85.9 Å². The predicted octanol–water partition coefficient (Wildman–Crippen LogP) is 10.9. The van der Waals surface area contributed by atoms with Crippen LogP contribution in [0.4, 0.5) is 0 Å². The average molecular weight is 547 g/mol. The number of hydrogen-bond acceptors (Lipinski definition) is 1. The third kappa shape index (κ3) is 7.28. The van der Waals surface area contributed by atoms with Crippen LogP contribution in [0.5, 0.6) is 0 Å². The number of hydrogen-bond donors (Lipinski definition) is 0. The summed E-state index contributed by atoms with van der Waals surface area (Å²) in [6.45, 7) is 27.5. The third-order valence-corrected chi connectivity index (χ3v) is 7.82. The highest BCUT2D eigenvalue weighted by Crippen LogP contribution is 2.36. The fourth-order valence-corrected chi connectivity index (χ4v) is 4.89. The number of rotatable bonds is 4. The van der Waals surface area contributed by atoms with Crippen molar-refractivity contribution >= 4 is 12.2 Å². The first-order chi connectivity index (χ1) is 18.8. The lowest BCUT2D eigenvalue weighted by atomic mass is 9.79. The van der Waals surface area contributed by atoms with E-state index in [1.165, 1.54) is 33.4 Å². The highest BCUT2D eigenvalue weighted by Gasteiger charge is 2.23. The molecule has 0 N–H and O–H groups in total. The molecule has 0 saturated heterocycles. The first-order valence-electron chi connectivity index (χ1n) is 15.0. The first-order valence-corrected chi connectivity index (χ1v) is 15.0. The minimum absolute atomic E-state index is 0.0408. The molecule has 1 aromatic heterocycles. The molecule has 0 saturated carbocycles. The van der Waals surface area contributed by atoms with Crippen LogP contribution in [-0.2, 0) is 21.7 Å². The molecule has 0 spiro atoms. The van der Waals surface area contributed by atoms with Gasteiger partial charge in [0.15, 0.2) is 0 Å². The maximum atomic E-state index is 5.13. The molecule has 41 heavy (non-hydrogen) atoms. The van der Waals surface area contributed by atoms with Crippen molar-refractivity contribution in [3.63, 3.8) is 0 Å². The van der Waals surface area contributed by atoms with Gasteiger partial charge in [-0.2, -0.15) is 5.10 Å². The summed E-state index contributed by atoms with van der Waals surface area (Å²) in [4.78, 5) is 0. The molecule has 0 unspecified atom stereocenters. The van der Waals surface area contributed by atoms with Crippen LogP contribution in [0.15, 0.2) is 72.8 Å². The van der Waals surface area contributed by atoms with E-state index in [0.29, 0.717) is 0 Å². The normalized spacial score (nSPS) is 13.3. The Kier molecular flexibility index (Phi) is 8.04. The Hall–Kier alpha value is -3.39. The molecule has 0 atom stereocenters. The predicted molar refractivity (Wildman–Crippen MR) is 179 cm³/mol. The Morgan fingerprint density at radius 1 is 0.512 bits per heavy atom.